The Morgan fingerprint density at radius 2 is 2.00 bits per heavy atom. The van der Waals surface area contributed by atoms with Gasteiger partial charge in [0.2, 0.25) is 0 Å². The van der Waals surface area contributed by atoms with Crippen molar-refractivity contribution in [1.29, 1.82) is 0 Å². The van der Waals surface area contributed by atoms with Crippen LogP contribution in [0.3, 0.4) is 0 Å². The van der Waals surface area contributed by atoms with Crippen LogP contribution in [-0.4, -0.2) is 7.05 Å². The standard InChI is InChI=1S/C11H15N/c1-4-10-7-9(2)5-6-11(10)8-12-3/h4-8,12H,1-3H3/b10-4-,11-8-. The molecule has 0 amide bonds. The van der Waals surface area contributed by atoms with Crippen LogP contribution in [0.4, 0.5) is 0 Å². The highest BCUT2D eigenvalue weighted by Crippen LogP contribution is 1.85. The van der Waals surface area contributed by atoms with Gasteiger partial charge in [0.05, 0.1) is 0 Å². The lowest BCUT2D eigenvalue weighted by Gasteiger charge is -1.93. The first-order chi connectivity index (χ1) is 5.77. The van der Waals surface area contributed by atoms with Gasteiger partial charge in [-0.15, -0.1) is 0 Å². The Balaban J connectivity index is 3.42. The molecule has 0 atom stereocenters. The van der Waals surface area contributed by atoms with Gasteiger partial charge in [-0.05, 0) is 24.3 Å². The van der Waals surface area contributed by atoms with Crippen molar-refractivity contribution in [1.82, 2.24) is 5.32 Å². The predicted molar refractivity (Wildman–Crippen MR) is 54.1 cm³/mol. The van der Waals surface area contributed by atoms with Gasteiger partial charge in [-0.3, -0.25) is 0 Å². The summed E-state index contributed by atoms with van der Waals surface area (Å²) in [6.07, 6.45) is 4.13. The molecule has 0 fully saturated rings. The van der Waals surface area contributed by atoms with E-state index in [1.54, 1.807) is 0 Å². The highest BCUT2D eigenvalue weighted by Gasteiger charge is 1.84. The number of hydrogen-bond donors (Lipinski definition) is 1. The van der Waals surface area contributed by atoms with Crippen molar-refractivity contribution >= 4 is 12.3 Å². The fourth-order valence-corrected chi connectivity index (χ4v) is 1.23. The molecule has 1 aromatic rings. The van der Waals surface area contributed by atoms with Crippen molar-refractivity contribution in [2.45, 2.75) is 13.8 Å². The first-order valence-corrected chi connectivity index (χ1v) is 4.18. The highest BCUT2D eigenvalue weighted by atomic mass is 14.8. The Labute approximate surface area is 73.4 Å². The van der Waals surface area contributed by atoms with Gasteiger partial charge in [-0.1, -0.05) is 29.8 Å². The summed E-state index contributed by atoms with van der Waals surface area (Å²) in [6, 6.07) is 6.43. The maximum absolute atomic E-state index is 3.03. The molecule has 0 saturated heterocycles. The van der Waals surface area contributed by atoms with Crippen molar-refractivity contribution in [3.8, 4) is 0 Å². The average molecular weight is 161 g/mol. The number of aryl methyl sites for hydroxylation is 1. The summed E-state index contributed by atoms with van der Waals surface area (Å²) in [7, 11) is 1.92. The second-order valence-corrected chi connectivity index (χ2v) is 2.85. The van der Waals surface area contributed by atoms with Crippen molar-refractivity contribution < 1.29 is 0 Å². The Morgan fingerprint density at radius 3 is 2.58 bits per heavy atom. The van der Waals surface area contributed by atoms with Gasteiger partial charge in [0.15, 0.2) is 0 Å². The first kappa shape index (κ1) is 8.85. The van der Waals surface area contributed by atoms with Gasteiger partial charge < -0.3 is 5.32 Å². The molecule has 0 aliphatic carbocycles. The van der Waals surface area contributed by atoms with E-state index in [-0.39, 0.29) is 0 Å². The first-order valence-electron chi connectivity index (χ1n) is 4.18. The summed E-state index contributed by atoms with van der Waals surface area (Å²) in [5.41, 5.74) is 1.30. The van der Waals surface area contributed by atoms with Crippen molar-refractivity contribution in [2.75, 3.05) is 7.05 Å². The molecule has 12 heavy (non-hydrogen) atoms. The summed E-state index contributed by atoms with van der Waals surface area (Å²) < 4.78 is 0. The molecular weight excluding hydrogens is 146 g/mol. The van der Waals surface area contributed by atoms with Gasteiger partial charge >= 0.3 is 0 Å². The van der Waals surface area contributed by atoms with E-state index in [0.717, 1.165) is 0 Å². The molecule has 0 spiro atoms. The number of benzene rings is 1. The van der Waals surface area contributed by atoms with E-state index in [1.807, 2.05) is 13.2 Å². The van der Waals surface area contributed by atoms with Crippen LogP contribution in [0.25, 0.3) is 12.3 Å². The third-order valence-corrected chi connectivity index (χ3v) is 1.85. The molecule has 0 unspecified atom stereocenters. The molecule has 0 saturated carbocycles. The Bertz CT molecular complexity index is 363. The van der Waals surface area contributed by atoms with Crippen molar-refractivity contribution in [3.05, 3.63) is 34.2 Å². The molecule has 0 aromatic heterocycles. The molecule has 64 valence electrons. The van der Waals surface area contributed by atoms with Gasteiger partial charge in [0.1, 0.15) is 0 Å². The average Bonchev–Trinajstić information content (AvgIpc) is 2.08. The monoisotopic (exact) mass is 161 g/mol. The Morgan fingerprint density at radius 1 is 1.25 bits per heavy atom. The summed E-state index contributed by atoms with van der Waals surface area (Å²) in [5, 5.41) is 5.56. The van der Waals surface area contributed by atoms with E-state index in [0.29, 0.717) is 0 Å². The van der Waals surface area contributed by atoms with Crippen LogP contribution >= 0.6 is 0 Å². The van der Waals surface area contributed by atoms with Crippen LogP contribution in [0.5, 0.6) is 0 Å². The quantitative estimate of drug-likeness (QED) is 0.641. The zero-order chi connectivity index (χ0) is 8.97. The summed E-state index contributed by atoms with van der Waals surface area (Å²) >= 11 is 0. The molecule has 0 bridgehead atoms. The number of nitrogens with one attached hydrogen (secondary N) is 1. The second-order valence-electron chi connectivity index (χ2n) is 2.85. The lowest BCUT2D eigenvalue weighted by atomic mass is 10.2. The Hall–Kier alpha value is -1.24. The minimum Gasteiger partial charge on any atom is -0.393 e. The van der Waals surface area contributed by atoms with E-state index < -0.39 is 0 Å². The van der Waals surface area contributed by atoms with E-state index in [9.17, 15) is 0 Å². The predicted octanol–water partition coefficient (Wildman–Crippen LogP) is 0.753. The smallest absolute Gasteiger partial charge is 0.00411 e. The van der Waals surface area contributed by atoms with E-state index in [4.69, 9.17) is 0 Å². The van der Waals surface area contributed by atoms with E-state index in [1.165, 1.54) is 16.0 Å². The largest absolute Gasteiger partial charge is 0.393 e. The highest BCUT2D eigenvalue weighted by molar-refractivity contribution is 5.31. The fourth-order valence-electron chi connectivity index (χ4n) is 1.23. The SMILES string of the molecule is C/C=c1/cc(C)cc/c1=C/NC. The molecule has 1 rings (SSSR count). The minimum atomic E-state index is 1.24. The van der Waals surface area contributed by atoms with Gasteiger partial charge in [-0.25, -0.2) is 0 Å². The molecule has 1 heteroatoms. The number of rotatable bonds is 1. The van der Waals surface area contributed by atoms with Crippen molar-refractivity contribution in [2.24, 2.45) is 0 Å². The zero-order valence-corrected chi connectivity index (χ0v) is 7.89. The lowest BCUT2D eigenvalue weighted by Crippen LogP contribution is -2.26. The molecular formula is C11H15N. The van der Waals surface area contributed by atoms with E-state index in [2.05, 4.69) is 43.4 Å². The summed E-state index contributed by atoms with van der Waals surface area (Å²) in [4.78, 5) is 0. The molecule has 1 N–H and O–H groups in total. The maximum atomic E-state index is 3.03. The fraction of sp³-hybridized carbons (Fsp3) is 0.273. The molecule has 0 heterocycles. The summed E-state index contributed by atoms with van der Waals surface area (Å²) in [5.74, 6) is 0. The molecule has 0 aliphatic rings. The normalized spacial score (nSPS) is 13.6. The van der Waals surface area contributed by atoms with Crippen LogP contribution in [0.2, 0.25) is 0 Å². The maximum Gasteiger partial charge on any atom is 0.00411 e. The number of hydrogen-bond acceptors (Lipinski definition) is 1. The van der Waals surface area contributed by atoms with Gasteiger partial charge in [-0.2, -0.15) is 0 Å². The van der Waals surface area contributed by atoms with Crippen LogP contribution in [-0.2, 0) is 0 Å². The van der Waals surface area contributed by atoms with Crippen LogP contribution in [0, 0.1) is 6.92 Å². The molecule has 0 aliphatic heterocycles. The topological polar surface area (TPSA) is 12.0 Å². The Kier molecular flexibility index (Phi) is 2.92. The van der Waals surface area contributed by atoms with Crippen LogP contribution in [0.15, 0.2) is 18.2 Å². The molecule has 1 nitrogen and oxygen atoms in total. The van der Waals surface area contributed by atoms with E-state index >= 15 is 0 Å². The van der Waals surface area contributed by atoms with Gasteiger partial charge in [0.25, 0.3) is 0 Å². The zero-order valence-electron chi connectivity index (χ0n) is 7.89. The third-order valence-electron chi connectivity index (χ3n) is 1.85. The minimum absolute atomic E-state index is 1.24. The van der Waals surface area contributed by atoms with Crippen LogP contribution in [0.1, 0.15) is 12.5 Å². The van der Waals surface area contributed by atoms with Gasteiger partial charge in [0, 0.05) is 13.2 Å². The lowest BCUT2D eigenvalue weighted by molar-refractivity contribution is 1.17. The third kappa shape index (κ3) is 1.88. The molecule has 0 radical (unpaired) electrons. The summed E-state index contributed by atoms with van der Waals surface area (Å²) in [6.45, 7) is 4.16. The van der Waals surface area contributed by atoms with Crippen LogP contribution < -0.4 is 15.8 Å². The molecule has 1 aromatic carbocycles. The second kappa shape index (κ2) is 3.96. The van der Waals surface area contributed by atoms with Crippen molar-refractivity contribution in [3.63, 3.8) is 0 Å².